The summed E-state index contributed by atoms with van der Waals surface area (Å²) in [6.07, 6.45) is 8.22. The van der Waals surface area contributed by atoms with Crippen molar-refractivity contribution in [1.29, 1.82) is 0 Å². The molecule has 1 aromatic carbocycles. The fraction of sp³-hybridized carbons (Fsp3) is 0.500. The number of rotatable bonds is 11. The van der Waals surface area contributed by atoms with Crippen molar-refractivity contribution in [2.24, 2.45) is 11.7 Å². The number of nitrogens with zero attached hydrogens (tertiary/aromatic N) is 1. The van der Waals surface area contributed by atoms with E-state index >= 15 is 0 Å². The average molecular weight is 411 g/mol. The summed E-state index contributed by atoms with van der Waals surface area (Å²) < 4.78 is 5.88. The molecular formula is C24H34N4O2. The highest BCUT2D eigenvalue weighted by molar-refractivity contribution is 5.87. The Morgan fingerprint density at radius 3 is 2.67 bits per heavy atom. The quantitative estimate of drug-likeness (QED) is 0.530. The Bertz CT molecular complexity index is 793. The second-order valence-corrected chi connectivity index (χ2v) is 7.96. The Kier molecular flexibility index (Phi) is 8.22. The summed E-state index contributed by atoms with van der Waals surface area (Å²) in [4.78, 5) is 17.1. The Morgan fingerprint density at radius 2 is 1.97 bits per heavy atom. The van der Waals surface area contributed by atoms with Crippen molar-refractivity contribution < 1.29 is 9.53 Å². The number of nitrogens with two attached hydrogens (primary N) is 1. The number of piperidine rings is 1. The highest BCUT2D eigenvalue weighted by Crippen LogP contribution is 2.34. The first-order valence-electron chi connectivity index (χ1n) is 11.0. The third-order valence-electron chi connectivity index (χ3n) is 6.04. The van der Waals surface area contributed by atoms with Crippen LogP contribution in [0.4, 0.5) is 0 Å². The predicted octanol–water partition coefficient (Wildman–Crippen LogP) is 2.77. The summed E-state index contributed by atoms with van der Waals surface area (Å²) in [6.45, 7) is 5.36. The molecule has 0 bridgehead atoms. The summed E-state index contributed by atoms with van der Waals surface area (Å²) in [5, 5.41) is 6.98. The third-order valence-corrected chi connectivity index (χ3v) is 6.04. The molecule has 1 fully saturated rings. The van der Waals surface area contributed by atoms with Gasteiger partial charge in [0.2, 0.25) is 5.91 Å². The van der Waals surface area contributed by atoms with Crippen LogP contribution in [0.2, 0.25) is 0 Å². The zero-order valence-electron chi connectivity index (χ0n) is 17.9. The third kappa shape index (κ3) is 5.58. The largest absolute Gasteiger partial charge is 0.494 e. The topological polar surface area (TPSA) is 89.3 Å². The lowest BCUT2D eigenvalue weighted by molar-refractivity contribution is -0.125. The van der Waals surface area contributed by atoms with Crippen LogP contribution in [-0.4, -0.2) is 37.1 Å². The first kappa shape index (κ1) is 22.2. The van der Waals surface area contributed by atoms with Crippen LogP contribution in [-0.2, 0) is 16.8 Å². The molecule has 30 heavy (non-hydrogen) atoms. The molecule has 0 radical (unpaired) electrons. The van der Waals surface area contributed by atoms with Gasteiger partial charge in [0.15, 0.2) is 0 Å². The number of amides is 1. The van der Waals surface area contributed by atoms with Crippen molar-refractivity contribution in [2.75, 3.05) is 26.2 Å². The minimum atomic E-state index is -0.984. The van der Waals surface area contributed by atoms with Gasteiger partial charge in [-0.1, -0.05) is 18.2 Å². The van der Waals surface area contributed by atoms with Crippen LogP contribution in [0.25, 0.3) is 0 Å². The SMILES string of the molecule is CCOc1ccccc1C(CCc1ccncc1)(NCCC1CCNCC1)C(N)=O. The number of ether oxygens (including phenoxy) is 1. The minimum absolute atomic E-state index is 0.367. The molecule has 0 spiro atoms. The lowest BCUT2D eigenvalue weighted by atomic mass is 9.82. The maximum absolute atomic E-state index is 13.0. The van der Waals surface area contributed by atoms with E-state index in [1.54, 1.807) is 12.4 Å². The van der Waals surface area contributed by atoms with E-state index in [0.29, 0.717) is 31.1 Å². The molecule has 2 aromatic rings. The Labute approximate surface area is 179 Å². The van der Waals surface area contributed by atoms with Crippen molar-refractivity contribution in [3.8, 4) is 5.75 Å². The van der Waals surface area contributed by atoms with Crippen LogP contribution in [0, 0.1) is 5.92 Å². The molecule has 4 N–H and O–H groups in total. The number of hydrogen-bond donors (Lipinski definition) is 3. The van der Waals surface area contributed by atoms with E-state index in [1.165, 1.54) is 12.8 Å². The first-order chi connectivity index (χ1) is 14.7. The summed E-state index contributed by atoms with van der Waals surface area (Å²) in [5.41, 5.74) is 7.04. The monoisotopic (exact) mass is 410 g/mol. The van der Waals surface area contributed by atoms with Crippen molar-refractivity contribution in [1.82, 2.24) is 15.6 Å². The molecule has 6 nitrogen and oxygen atoms in total. The molecule has 0 aliphatic carbocycles. The Hall–Kier alpha value is -2.44. The summed E-state index contributed by atoms with van der Waals surface area (Å²) >= 11 is 0. The molecule has 3 rings (SSSR count). The fourth-order valence-electron chi connectivity index (χ4n) is 4.30. The molecule has 2 heterocycles. The summed E-state index contributed by atoms with van der Waals surface area (Å²) in [7, 11) is 0. The molecule has 0 saturated carbocycles. The van der Waals surface area contributed by atoms with Gasteiger partial charge in [-0.25, -0.2) is 0 Å². The molecular weight excluding hydrogens is 376 g/mol. The molecule has 1 atom stereocenters. The predicted molar refractivity (Wildman–Crippen MR) is 119 cm³/mol. The van der Waals surface area contributed by atoms with Gasteiger partial charge in [-0.15, -0.1) is 0 Å². The Morgan fingerprint density at radius 1 is 1.23 bits per heavy atom. The van der Waals surface area contributed by atoms with Crippen LogP contribution in [0.5, 0.6) is 5.75 Å². The number of carbonyl (C=O) groups is 1. The van der Waals surface area contributed by atoms with Gasteiger partial charge in [0, 0.05) is 18.0 Å². The number of aromatic nitrogens is 1. The molecule has 1 aliphatic heterocycles. The standard InChI is InChI=1S/C24H34N4O2/c1-2-30-22-6-4-3-5-21(22)24(23(25)29,13-7-19-8-14-26-15-9-19)28-18-12-20-10-16-27-17-11-20/h3-6,8-9,14-15,20,27-28H,2,7,10-13,16-18H2,1H3,(H2,25,29). The van der Waals surface area contributed by atoms with E-state index in [-0.39, 0.29) is 5.91 Å². The van der Waals surface area contributed by atoms with E-state index in [9.17, 15) is 4.79 Å². The van der Waals surface area contributed by atoms with Crippen molar-refractivity contribution >= 4 is 5.91 Å². The minimum Gasteiger partial charge on any atom is -0.494 e. The average Bonchev–Trinajstić information content (AvgIpc) is 2.78. The van der Waals surface area contributed by atoms with E-state index in [2.05, 4.69) is 15.6 Å². The van der Waals surface area contributed by atoms with Gasteiger partial charge >= 0.3 is 0 Å². The second kappa shape index (κ2) is 11.1. The molecule has 1 amide bonds. The van der Waals surface area contributed by atoms with E-state index in [4.69, 9.17) is 10.5 Å². The highest BCUT2D eigenvalue weighted by Gasteiger charge is 2.40. The molecule has 1 saturated heterocycles. The first-order valence-corrected chi connectivity index (χ1v) is 11.0. The number of para-hydroxylation sites is 1. The summed E-state index contributed by atoms with van der Waals surface area (Å²) in [5.74, 6) is 1.02. The van der Waals surface area contributed by atoms with Crippen molar-refractivity contribution in [3.63, 3.8) is 0 Å². The Balaban J connectivity index is 1.85. The van der Waals surface area contributed by atoms with Crippen molar-refractivity contribution in [3.05, 3.63) is 59.9 Å². The summed E-state index contributed by atoms with van der Waals surface area (Å²) in [6, 6.07) is 11.7. The van der Waals surface area contributed by atoms with Gasteiger partial charge in [-0.3, -0.25) is 15.1 Å². The number of carbonyl (C=O) groups excluding carboxylic acids is 1. The number of aryl methyl sites for hydroxylation is 1. The number of benzene rings is 1. The van der Waals surface area contributed by atoms with Crippen LogP contribution in [0.15, 0.2) is 48.8 Å². The van der Waals surface area contributed by atoms with Gasteiger partial charge in [0.05, 0.1) is 6.61 Å². The molecule has 1 aromatic heterocycles. The molecule has 6 heteroatoms. The van der Waals surface area contributed by atoms with Gasteiger partial charge in [0.25, 0.3) is 0 Å². The number of hydrogen-bond acceptors (Lipinski definition) is 5. The van der Waals surface area contributed by atoms with E-state index < -0.39 is 5.54 Å². The van der Waals surface area contributed by atoms with Gasteiger partial charge in [0.1, 0.15) is 11.3 Å². The second-order valence-electron chi connectivity index (χ2n) is 7.96. The lowest BCUT2D eigenvalue weighted by Crippen LogP contribution is -2.53. The van der Waals surface area contributed by atoms with E-state index in [1.807, 2.05) is 43.3 Å². The van der Waals surface area contributed by atoms with Gasteiger partial charge in [-0.05, 0) is 88.3 Å². The maximum Gasteiger partial charge on any atom is 0.242 e. The number of nitrogens with one attached hydrogen (secondary N) is 2. The lowest BCUT2D eigenvalue weighted by Gasteiger charge is -2.35. The fourth-order valence-corrected chi connectivity index (χ4v) is 4.30. The van der Waals surface area contributed by atoms with Crippen LogP contribution in [0.1, 0.15) is 43.7 Å². The maximum atomic E-state index is 13.0. The highest BCUT2D eigenvalue weighted by atomic mass is 16.5. The van der Waals surface area contributed by atoms with Gasteiger partial charge < -0.3 is 15.8 Å². The normalized spacial score (nSPS) is 16.7. The number of pyridine rings is 1. The van der Waals surface area contributed by atoms with Crippen molar-refractivity contribution in [2.45, 2.75) is 44.6 Å². The van der Waals surface area contributed by atoms with Crippen LogP contribution in [0.3, 0.4) is 0 Å². The van der Waals surface area contributed by atoms with E-state index in [0.717, 1.165) is 37.2 Å². The smallest absolute Gasteiger partial charge is 0.242 e. The number of primary amides is 1. The molecule has 1 aliphatic rings. The molecule has 1 unspecified atom stereocenters. The molecule has 162 valence electrons. The zero-order valence-corrected chi connectivity index (χ0v) is 17.9. The van der Waals surface area contributed by atoms with Gasteiger partial charge in [-0.2, -0.15) is 0 Å². The van der Waals surface area contributed by atoms with Crippen LogP contribution >= 0.6 is 0 Å². The van der Waals surface area contributed by atoms with Crippen LogP contribution < -0.4 is 21.1 Å². The zero-order chi connectivity index (χ0) is 21.2.